The van der Waals surface area contributed by atoms with Crippen molar-refractivity contribution in [3.05, 3.63) is 54.2 Å². The summed E-state index contributed by atoms with van der Waals surface area (Å²) in [5, 5.41) is 14.2. The van der Waals surface area contributed by atoms with Crippen LogP contribution in [0.15, 0.2) is 42.9 Å². The molecule has 156 valence electrons. The first-order valence-electron chi connectivity index (χ1n) is 10.3. The number of H-pyrrole nitrogens is 1. The Hall–Kier alpha value is -3.00. The van der Waals surface area contributed by atoms with Crippen molar-refractivity contribution in [1.82, 2.24) is 20.3 Å². The molecule has 3 N–H and O–H groups in total. The number of aromatic nitrogens is 3. The molecular formula is C22H24FN5O2. The van der Waals surface area contributed by atoms with Gasteiger partial charge in [0.15, 0.2) is 0 Å². The summed E-state index contributed by atoms with van der Waals surface area (Å²) in [5.74, 6) is 0.483. The summed E-state index contributed by atoms with van der Waals surface area (Å²) in [6.07, 6.45) is 5.36. The smallest absolute Gasteiger partial charge is 0.223 e. The van der Waals surface area contributed by atoms with Crippen LogP contribution in [0.5, 0.6) is 0 Å². The summed E-state index contributed by atoms with van der Waals surface area (Å²) in [6, 6.07) is 7.68. The molecule has 5 rings (SSSR count). The maximum Gasteiger partial charge on any atom is 0.223 e. The number of aliphatic hydroxyl groups excluding tert-OH is 1. The van der Waals surface area contributed by atoms with Gasteiger partial charge >= 0.3 is 0 Å². The highest BCUT2D eigenvalue weighted by Gasteiger charge is 2.55. The monoisotopic (exact) mass is 409 g/mol. The fraction of sp³-hybridized carbons (Fsp3) is 0.409. The molecular weight excluding hydrogens is 385 g/mol. The third-order valence-corrected chi connectivity index (χ3v) is 6.50. The Morgan fingerprint density at radius 1 is 1.30 bits per heavy atom. The minimum Gasteiger partial charge on any atom is -0.387 e. The zero-order valence-corrected chi connectivity index (χ0v) is 16.5. The lowest BCUT2D eigenvalue weighted by molar-refractivity contribution is -0.128. The van der Waals surface area contributed by atoms with Gasteiger partial charge in [0.05, 0.1) is 11.5 Å². The summed E-state index contributed by atoms with van der Waals surface area (Å²) in [6.45, 7) is 1.66. The van der Waals surface area contributed by atoms with Crippen LogP contribution in [0, 0.1) is 17.2 Å². The van der Waals surface area contributed by atoms with Gasteiger partial charge in [-0.05, 0) is 48.4 Å². The van der Waals surface area contributed by atoms with E-state index in [0.717, 1.165) is 49.2 Å². The molecule has 1 spiro atoms. The van der Waals surface area contributed by atoms with E-state index >= 15 is 0 Å². The quantitative estimate of drug-likeness (QED) is 0.602. The van der Waals surface area contributed by atoms with Crippen LogP contribution < -0.4 is 10.2 Å². The predicted molar refractivity (Wildman–Crippen MR) is 110 cm³/mol. The first-order valence-corrected chi connectivity index (χ1v) is 10.3. The molecule has 2 aliphatic rings. The average molecular weight is 409 g/mol. The average Bonchev–Trinajstić information content (AvgIpc) is 3.33. The van der Waals surface area contributed by atoms with Gasteiger partial charge in [0.25, 0.3) is 0 Å². The number of anilines is 1. The number of fused-ring (bicyclic) bond motifs is 1. The summed E-state index contributed by atoms with van der Waals surface area (Å²) >= 11 is 0. The van der Waals surface area contributed by atoms with Crippen molar-refractivity contribution >= 4 is 22.8 Å². The Bertz CT molecular complexity index is 1060. The Balaban J connectivity index is 1.24. The van der Waals surface area contributed by atoms with Crippen molar-refractivity contribution in [3.63, 3.8) is 0 Å². The molecule has 8 heteroatoms. The van der Waals surface area contributed by atoms with Gasteiger partial charge in [-0.15, -0.1) is 0 Å². The minimum absolute atomic E-state index is 0.0113. The van der Waals surface area contributed by atoms with E-state index in [1.54, 1.807) is 6.33 Å². The number of aromatic amines is 1. The lowest BCUT2D eigenvalue weighted by Gasteiger charge is -2.39. The third-order valence-electron chi connectivity index (χ3n) is 6.50. The SMILES string of the molecule is O=C(NC[C@@H](O)c1ccc(F)cc1)[C@H]1CCN(c2ncnc3[nH]ccc23)CC12CC2. The molecule has 7 nitrogen and oxygen atoms in total. The normalized spacial score (nSPS) is 21.0. The molecule has 0 radical (unpaired) electrons. The Labute approximate surface area is 173 Å². The number of halogens is 1. The molecule has 30 heavy (non-hydrogen) atoms. The summed E-state index contributed by atoms with van der Waals surface area (Å²) in [5.41, 5.74) is 1.38. The Morgan fingerprint density at radius 2 is 2.10 bits per heavy atom. The van der Waals surface area contributed by atoms with Crippen LogP contribution in [0.25, 0.3) is 11.0 Å². The van der Waals surface area contributed by atoms with Crippen LogP contribution in [0.2, 0.25) is 0 Å². The van der Waals surface area contributed by atoms with Crippen molar-refractivity contribution in [3.8, 4) is 0 Å². The van der Waals surface area contributed by atoms with Gasteiger partial charge in [0.2, 0.25) is 5.91 Å². The molecule has 1 saturated heterocycles. The molecule has 2 atom stereocenters. The van der Waals surface area contributed by atoms with Crippen LogP contribution in [-0.4, -0.2) is 45.6 Å². The van der Waals surface area contributed by atoms with E-state index < -0.39 is 6.10 Å². The number of rotatable bonds is 5. The molecule has 3 heterocycles. The van der Waals surface area contributed by atoms with Gasteiger partial charge in [0.1, 0.15) is 23.6 Å². The van der Waals surface area contributed by atoms with Crippen molar-refractivity contribution in [2.75, 3.05) is 24.5 Å². The predicted octanol–water partition coefficient (Wildman–Crippen LogP) is 2.55. The number of hydrogen-bond donors (Lipinski definition) is 3. The highest BCUT2D eigenvalue weighted by molar-refractivity contribution is 5.87. The number of carbonyl (C=O) groups excluding carboxylic acids is 1. The fourth-order valence-electron chi connectivity index (χ4n) is 4.65. The zero-order chi connectivity index (χ0) is 20.7. The van der Waals surface area contributed by atoms with Crippen LogP contribution in [0.3, 0.4) is 0 Å². The zero-order valence-electron chi connectivity index (χ0n) is 16.5. The number of piperidine rings is 1. The maximum absolute atomic E-state index is 13.1. The van der Waals surface area contributed by atoms with E-state index in [9.17, 15) is 14.3 Å². The number of benzene rings is 1. The van der Waals surface area contributed by atoms with E-state index in [1.165, 1.54) is 24.3 Å². The highest BCUT2D eigenvalue weighted by Crippen LogP contribution is 2.56. The highest BCUT2D eigenvalue weighted by atomic mass is 19.1. The van der Waals surface area contributed by atoms with Gasteiger partial charge in [-0.2, -0.15) is 0 Å². The van der Waals surface area contributed by atoms with Crippen LogP contribution in [0.1, 0.15) is 30.9 Å². The van der Waals surface area contributed by atoms with E-state index in [1.807, 2.05) is 12.3 Å². The lowest BCUT2D eigenvalue weighted by Crippen LogP contribution is -2.48. The van der Waals surface area contributed by atoms with Crippen LogP contribution in [-0.2, 0) is 4.79 Å². The van der Waals surface area contributed by atoms with Crippen molar-refractivity contribution in [2.24, 2.45) is 11.3 Å². The molecule has 1 aliphatic carbocycles. The number of aliphatic hydroxyl groups is 1. The van der Waals surface area contributed by atoms with Crippen LogP contribution in [0.4, 0.5) is 10.2 Å². The van der Waals surface area contributed by atoms with Crippen molar-refractivity contribution in [2.45, 2.75) is 25.4 Å². The second-order valence-electron chi connectivity index (χ2n) is 8.37. The maximum atomic E-state index is 13.1. The fourth-order valence-corrected chi connectivity index (χ4v) is 4.65. The van der Waals surface area contributed by atoms with Gasteiger partial charge in [-0.3, -0.25) is 4.79 Å². The molecule has 1 amide bonds. The molecule has 3 aromatic rings. The van der Waals surface area contributed by atoms with E-state index in [-0.39, 0.29) is 29.6 Å². The van der Waals surface area contributed by atoms with E-state index in [4.69, 9.17) is 0 Å². The van der Waals surface area contributed by atoms with Crippen LogP contribution >= 0.6 is 0 Å². The second kappa shape index (κ2) is 7.36. The number of nitrogens with zero attached hydrogens (tertiary/aromatic N) is 3. The third kappa shape index (κ3) is 3.41. The number of nitrogens with one attached hydrogen (secondary N) is 2. The van der Waals surface area contributed by atoms with Gasteiger partial charge in [-0.1, -0.05) is 12.1 Å². The van der Waals surface area contributed by atoms with E-state index in [2.05, 4.69) is 25.2 Å². The Morgan fingerprint density at radius 3 is 2.87 bits per heavy atom. The summed E-state index contributed by atoms with van der Waals surface area (Å²) in [7, 11) is 0. The first-order chi connectivity index (χ1) is 14.6. The second-order valence-corrected chi connectivity index (χ2v) is 8.37. The number of hydrogen-bond acceptors (Lipinski definition) is 5. The molecule has 1 aliphatic heterocycles. The lowest BCUT2D eigenvalue weighted by atomic mass is 9.81. The molecule has 1 aromatic carbocycles. The van der Waals surface area contributed by atoms with Gasteiger partial charge in [0, 0.05) is 31.7 Å². The van der Waals surface area contributed by atoms with E-state index in [0.29, 0.717) is 5.56 Å². The molecule has 1 saturated carbocycles. The van der Waals surface area contributed by atoms with Gasteiger partial charge < -0.3 is 20.3 Å². The molecule has 2 fully saturated rings. The molecule has 2 aromatic heterocycles. The summed E-state index contributed by atoms with van der Waals surface area (Å²) in [4.78, 5) is 27.1. The molecule has 0 bridgehead atoms. The van der Waals surface area contributed by atoms with Crippen molar-refractivity contribution in [1.29, 1.82) is 0 Å². The Kier molecular flexibility index (Phi) is 4.66. The molecule has 0 unspecified atom stereocenters. The van der Waals surface area contributed by atoms with Crippen molar-refractivity contribution < 1.29 is 14.3 Å². The largest absolute Gasteiger partial charge is 0.387 e. The first kappa shape index (κ1) is 19.0. The van der Waals surface area contributed by atoms with Gasteiger partial charge in [-0.25, -0.2) is 14.4 Å². The topological polar surface area (TPSA) is 94.1 Å². The standard InChI is InChI=1S/C22H24FN5O2/c23-15-3-1-14(2-4-15)18(29)11-25-21(30)17-6-10-28(12-22(17)7-8-22)20-16-5-9-24-19(16)26-13-27-20/h1-5,9,13,17-18,29H,6-8,10-12H2,(H,25,30)(H,24,26,27)/t17-,18-/m1/s1. The minimum atomic E-state index is -0.854. The number of carbonyl (C=O) groups is 1. The number of amides is 1. The summed E-state index contributed by atoms with van der Waals surface area (Å²) < 4.78 is 13.1.